The summed E-state index contributed by atoms with van der Waals surface area (Å²) >= 11 is 1.47. The zero-order valence-electron chi connectivity index (χ0n) is 20.0. The van der Waals surface area contributed by atoms with Crippen LogP contribution in [0.4, 0.5) is 5.13 Å². The van der Waals surface area contributed by atoms with Crippen LogP contribution < -0.4 is 9.64 Å². The molecule has 6 heteroatoms. The first-order chi connectivity index (χ1) is 17.5. The molecule has 0 unspecified atom stereocenters. The van der Waals surface area contributed by atoms with Crippen molar-refractivity contribution in [3.63, 3.8) is 0 Å². The molecule has 0 N–H and O–H groups in total. The molecule has 0 spiro atoms. The first-order valence-corrected chi connectivity index (χ1v) is 12.4. The van der Waals surface area contributed by atoms with Crippen LogP contribution in [0.25, 0.3) is 10.2 Å². The van der Waals surface area contributed by atoms with E-state index in [0.29, 0.717) is 34.1 Å². The average molecular weight is 493 g/mol. The molecule has 0 fully saturated rings. The second kappa shape index (κ2) is 10.1. The van der Waals surface area contributed by atoms with Crippen molar-refractivity contribution >= 4 is 38.4 Å². The number of anilines is 1. The summed E-state index contributed by atoms with van der Waals surface area (Å²) in [5.41, 5.74) is 4.44. The molecule has 5 nitrogen and oxygen atoms in total. The number of fused-ring (bicyclic) bond motifs is 1. The molecule has 0 saturated carbocycles. The third-order valence-corrected chi connectivity index (χ3v) is 7.22. The summed E-state index contributed by atoms with van der Waals surface area (Å²) in [6, 6.07) is 29.6. The van der Waals surface area contributed by atoms with Gasteiger partial charge in [0.15, 0.2) is 10.9 Å². The van der Waals surface area contributed by atoms with Crippen molar-refractivity contribution in [1.82, 2.24) is 4.98 Å². The predicted molar refractivity (Wildman–Crippen MR) is 144 cm³/mol. The maximum Gasteiger partial charge on any atom is 0.260 e. The number of aromatic nitrogens is 1. The quantitative estimate of drug-likeness (QED) is 0.238. The van der Waals surface area contributed by atoms with E-state index in [1.54, 1.807) is 48.4 Å². The fourth-order valence-electron chi connectivity index (χ4n) is 4.05. The molecule has 5 rings (SSSR count). The number of ether oxygens (including phenoxy) is 1. The molecule has 4 aromatic carbocycles. The number of aryl methyl sites for hydroxylation is 1. The van der Waals surface area contributed by atoms with Crippen LogP contribution in [0.15, 0.2) is 97.1 Å². The van der Waals surface area contributed by atoms with Crippen LogP contribution in [0.5, 0.6) is 5.75 Å². The van der Waals surface area contributed by atoms with E-state index >= 15 is 0 Å². The number of carbonyl (C=O) groups is 2. The number of hydrogen-bond donors (Lipinski definition) is 0. The van der Waals surface area contributed by atoms with Gasteiger partial charge in [0.2, 0.25) is 0 Å². The highest BCUT2D eigenvalue weighted by Crippen LogP contribution is 2.37. The zero-order valence-corrected chi connectivity index (χ0v) is 20.8. The number of nitrogens with zero attached hydrogens (tertiary/aromatic N) is 2. The Morgan fingerprint density at radius 2 is 1.42 bits per heavy atom. The highest BCUT2D eigenvalue weighted by molar-refractivity contribution is 7.22. The first kappa shape index (κ1) is 23.5. The van der Waals surface area contributed by atoms with Crippen LogP contribution >= 0.6 is 11.3 Å². The van der Waals surface area contributed by atoms with Gasteiger partial charge >= 0.3 is 0 Å². The summed E-state index contributed by atoms with van der Waals surface area (Å²) < 4.78 is 6.50. The van der Waals surface area contributed by atoms with E-state index in [1.165, 1.54) is 11.3 Å². The Morgan fingerprint density at radius 3 is 2.08 bits per heavy atom. The predicted octanol–water partition coefficient (Wildman–Crippen LogP) is 6.69. The molecule has 0 saturated heterocycles. The SMILES string of the molecule is COc1ccc(C)c2sc(N(Cc3ccccc3)C(=O)c3ccc(C(=O)c4ccccc4)cc3)nc12. The third-order valence-electron chi connectivity index (χ3n) is 6.00. The molecule has 0 bridgehead atoms. The van der Waals surface area contributed by atoms with E-state index in [4.69, 9.17) is 9.72 Å². The van der Waals surface area contributed by atoms with Gasteiger partial charge in [0.25, 0.3) is 5.91 Å². The monoisotopic (exact) mass is 492 g/mol. The number of amides is 1. The Bertz CT molecular complexity index is 1530. The molecule has 1 aromatic heterocycles. The highest BCUT2D eigenvalue weighted by Gasteiger charge is 2.23. The van der Waals surface area contributed by atoms with E-state index in [-0.39, 0.29) is 11.7 Å². The summed E-state index contributed by atoms with van der Waals surface area (Å²) in [5.74, 6) is 0.409. The highest BCUT2D eigenvalue weighted by atomic mass is 32.1. The van der Waals surface area contributed by atoms with Gasteiger partial charge in [-0.1, -0.05) is 90.2 Å². The van der Waals surface area contributed by atoms with Crippen molar-refractivity contribution in [2.45, 2.75) is 13.5 Å². The van der Waals surface area contributed by atoms with E-state index < -0.39 is 0 Å². The van der Waals surface area contributed by atoms with Gasteiger partial charge in [-0.15, -0.1) is 0 Å². The van der Waals surface area contributed by atoms with Crippen molar-refractivity contribution in [2.75, 3.05) is 12.0 Å². The van der Waals surface area contributed by atoms with Crippen LogP contribution in [-0.4, -0.2) is 23.8 Å². The lowest BCUT2D eigenvalue weighted by Gasteiger charge is -2.20. The van der Waals surface area contributed by atoms with Gasteiger partial charge in [-0.2, -0.15) is 0 Å². The molecule has 0 radical (unpaired) electrons. The van der Waals surface area contributed by atoms with Crippen molar-refractivity contribution in [2.24, 2.45) is 0 Å². The van der Waals surface area contributed by atoms with Crippen molar-refractivity contribution in [3.05, 3.63) is 125 Å². The largest absolute Gasteiger partial charge is 0.494 e. The van der Waals surface area contributed by atoms with Crippen LogP contribution in [0.3, 0.4) is 0 Å². The minimum absolute atomic E-state index is 0.0792. The first-order valence-electron chi connectivity index (χ1n) is 11.5. The Balaban J connectivity index is 1.51. The van der Waals surface area contributed by atoms with Crippen LogP contribution in [0, 0.1) is 6.92 Å². The van der Waals surface area contributed by atoms with E-state index in [9.17, 15) is 9.59 Å². The van der Waals surface area contributed by atoms with Gasteiger partial charge in [-0.3, -0.25) is 14.5 Å². The van der Waals surface area contributed by atoms with Gasteiger partial charge < -0.3 is 4.74 Å². The molecule has 5 aromatic rings. The van der Waals surface area contributed by atoms with E-state index in [0.717, 1.165) is 21.3 Å². The zero-order chi connectivity index (χ0) is 25.1. The average Bonchev–Trinajstić information content (AvgIpc) is 3.38. The number of benzene rings is 4. The third kappa shape index (κ3) is 4.63. The molecule has 1 amide bonds. The van der Waals surface area contributed by atoms with Crippen molar-refractivity contribution in [1.29, 1.82) is 0 Å². The lowest BCUT2D eigenvalue weighted by atomic mass is 10.0. The topological polar surface area (TPSA) is 59.5 Å². The van der Waals surface area contributed by atoms with Gasteiger partial charge in [-0.05, 0) is 36.2 Å². The molecule has 178 valence electrons. The Hall–Kier alpha value is -4.29. The maximum atomic E-state index is 13.8. The molecular weight excluding hydrogens is 468 g/mol. The summed E-state index contributed by atoms with van der Waals surface area (Å²) in [7, 11) is 1.62. The molecule has 0 aliphatic heterocycles. The fourth-order valence-corrected chi connectivity index (χ4v) is 5.10. The fraction of sp³-hybridized carbons (Fsp3) is 0.100. The lowest BCUT2D eigenvalue weighted by Crippen LogP contribution is -2.30. The normalized spacial score (nSPS) is 10.8. The Labute approximate surface area is 213 Å². The van der Waals surface area contributed by atoms with Gasteiger partial charge in [0, 0.05) is 16.7 Å². The summed E-state index contributed by atoms with van der Waals surface area (Å²) in [4.78, 5) is 33.1. The second-order valence-corrected chi connectivity index (χ2v) is 9.39. The van der Waals surface area contributed by atoms with E-state index in [1.807, 2.05) is 67.6 Å². The second-order valence-electron chi connectivity index (χ2n) is 8.41. The van der Waals surface area contributed by atoms with Crippen LogP contribution in [0.1, 0.15) is 37.4 Å². The number of methoxy groups -OCH3 is 1. The van der Waals surface area contributed by atoms with Gasteiger partial charge in [-0.25, -0.2) is 4.98 Å². The van der Waals surface area contributed by atoms with E-state index in [2.05, 4.69) is 0 Å². The minimum atomic E-state index is -0.187. The van der Waals surface area contributed by atoms with Crippen LogP contribution in [-0.2, 0) is 6.54 Å². The number of hydrogen-bond acceptors (Lipinski definition) is 5. The standard InChI is InChI=1S/C30H24N2O3S/c1-20-13-18-25(35-2)26-28(20)36-30(31-26)32(19-21-9-5-3-6-10-21)29(34)24-16-14-23(15-17-24)27(33)22-11-7-4-8-12-22/h3-18H,19H2,1-2H3. The van der Waals surface area contributed by atoms with Gasteiger partial charge in [0.1, 0.15) is 11.3 Å². The lowest BCUT2D eigenvalue weighted by molar-refractivity contribution is 0.0982. The molecule has 36 heavy (non-hydrogen) atoms. The molecule has 0 atom stereocenters. The Morgan fingerprint density at radius 1 is 0.806 bits per heavy atom. The number of rotatable bonds is 7. The number of thiazole rings is 1. The summed E-state index contributed by atoms with van der Waals surface area (Å²) in [6.07, 6.45) is 0. The van der Waals surface area contributed by atoms with Crippen molar-refractivity contribution < 1.29 is 14.3 Å². The maximum absolute atomic E-state index is 13.8. The Kier molecular flexibility index (Phi) is 6.60. The van der Waals surface area contributed by atoms with Crippen molar-refractivity contribution in [3.8, 4) is 5.75 Å². The molecule has 0 aliphatic carbocycles. The molecule has 0 aliphatic rings. The smallest absolute Gasteiger partial charge is 0.260 e. The summed E-state index contributed by atoms with van der Waals surface area (Å²) in [6.45, 7) is 2.39. The number of ketones is 1. The molecular formula is C30H24N2O3S. The van der Waals surface area contributed by atoms with Gasteiger partial charge in [0.05, 0.1) is 18.4 Å². The number of carbonyl (C=O) groups excluding carboxylic acids is 2. The minimum Gasteiger partial charge on any atom is -0.494 e. The summed E-state index contributed by atoms with van der Waals surface area (Å²) in [5, 5.41) is 0.593. The van der Waals surface area contributed by atoms with Crippen LogP contribution in [0.2, 0.25) is 0 Å². The molecule has 1 heterocycles.